The second kappa shape index (κ2) is 4.97. The first-order valence-electron chi connectivity index (χ1n) is 5.78. The molecule has 2 rings (SSSR count). The van der Waals surface area contributed by atoms with E-state index in [9.17, 15) is 0 Å². The molecule has 0 aliphatic rings. The molecule has 2 atom stereocenters. The van der Waals surface area contributed by atoms with E-state index in [1.165, 1.54) is 5.56 Å². The molecule has 0 saturated carbocycles. The van der Waals surface area contributed by atoms with E-state index in [1.807, 2.05) is 18.7 Å². The van der Waals surface area contributed by atoms with E-state index in [4.69, 9.17) is 0 Å². The third-order valence-electron chi connectivity index (χ3n) is 3.22. The zero-order valence-corrected chi connectivity index (χ0v) is 9.88. The summed E-state index contributed by atoms with van der Waals surface area (Å²) in [7, 11) is 0. The van der Waals surface area contributed by atoms with Crippen molar-refractivity contribution in [1.82, 2.24) is 9.55 Å². The van der Waals surface area contributed by atoms with Crippen LogP contribution in [0.3, 0.4) is 0 Å². The third kappa shape index (κ3) is 2.51. The molecule has 0 aliphatic carbocycles. The summed E-state index contributed by atoms with van der Waals surface area (Å²) in [5, 5.41) is 0. The second-order valence-corrected chi connectivity index (χ2v) is 4.42. The van der Waals surface area contributed by atoms with Crippen LogP contribution in [-0.2, 0) is 6.42 Å². The molecule has 0 N–H and O–H groups in total. The van der Waals surface area contributed by atoms with Crippen LogP contribution in [0.4, 0.5) is 0 Å². The molecule has 0 aliphatic heterocycles. The Morgan fingerprint density at radius 3 is 2.56 bits per heavy atom. The van der Waals surface area contributed by atoms with E-state index < -0.39 is 0 Å². The fourth-order valence-electron chi connectivity index (χ4n) is 1.96. The summed E-state index contributed by atoms with van der Waals surface area (Å²) in [5.41, 5.74) is 1.40. The maximum absolute atomic E-state index is 4.10. The van der Waals surface area contributed by atoms with Gasteiger partial charge in [0.2, 0.25) is 0 Å². The quantitative estimate of drug-likeness (QED) is 0.763. The third-order valence-corrected chi connectivity index (χ3v) is 3.22. The van der Waals surface area contributed by atoms with Gasteiger partial charge in [0.1, 0.15) is 0 Å². The van der Waals surface area contributed by atoms with Crippen LogP contribution in [0.1, 0.15) is 25.5 Å². The summed E-state index contributed by atoms with van der Waals surface area (Å²) in [6.07, 6.45) is 6.88. The van der Waals surface area contributed by atoms with Crippen molar-refractivity contribution in [3.8, 4) is 0 Å². The number of rotatable bonds is 4. The number of hydrogen-bond donors (Lipinski definition) is 0. The fraction of sp³-hybridized carbons (Fsp3) is 0.357. The Morgan fingerprint density at radius 1 is 1.19 bits per heavy atom. The zero-order chi connectivity index (χ0) is 11.4. The minimum absolute atomic E-state index is 0.489. The zero-order valence-electron chi connectivity index (χ0n) is 9.88. The van der Waals surface area contributed by atoms with Crippen LogP contribution in [0.15, 0.2) is 49.1 Å². The van der Waals surface area contributed by atoms with Crippen molar-refractivity contribution in [2.45, 2.75) is 26.3 Å². The highest BCUT2D eigenvalue weighted by atomic mass is 15.0. The van der Waals surface area contributed by atoms with Gasteiger partial charge in [-0.25, -0.2) is 4.98 Å². The first-order chi connectivity index (χ1) is 7.77. The van der Waals surface area contributed by atoms with E-state index in [1.54, 1.807) is 0 Å². The number of aromatic nitrogens is 2. The molecule has 0 fully saturated rings. The largest absolute Gasteiger partial charge is 0.334 e. The Labute approximate surface area is 97.0 Å². The molecule has 2 unspecified atom stereocenters. The topological polar surface area (TPSA) is 17.8 Å². The van der Waals surface area contributed by atoms with Gasteiger partial charge in [0, 0.05) is 18.4 Å². The summed E-state index contributed by atoms with van der Waals surface area (Å²) < 4.78 is 2.17. The standard InChI is InChI=1S/C14H18N2/c1-12(10-14-6-4-3-5-7-14)13(2)16-9-8-15-11-16/h3-9,11-13H,10H2,1-2H3. The Hall–Kier alpha value is -1.57. The highest BCUT2D eigenvalue weighted by Gasteiger charge is 2.13. The first kappa shape index (κ1) is 10.9. The molecule has 0 radical (unpaired) electrons. The molecule has 16 heavy (non-hydrogen) atoms. The lowest BCUT2D eigenvalue weighted by atomic mass is 9.95. The SMILES string of the molecule is CC(Cc1ccccc1)C(C)n1ccnc1. The summed E-state index contributed by atoms with van der Waals surface area (Å²) in [4.78, 5) is 4.10. The lowest BCUT2D eigenvalue weighted by Gasteiger charge is -2.21. The molecule has 0 bridgehead atoms. The molecular weight excluding hydrogens is 196 g/mol. The van der Waals surface area contributed by atoms with Gasteiger partial charge in [-0.15, -0.1) is 0 Å². The number of nitrogens with zero attached hydrogens (tertiary/aromatic N) is 2. The van der Waals surface area contributed by atoms with Gasteiger partial charge in [0.05, 0.1) is 6.33 Å². The molecule has 0 spiro atoms. The molecule has 0 saturated heterocycles. The number of imidazole rings is 1. The van der Waals surface area contributed by atoms with Crippen molar-refractivity contribution in [3.05, 3.63) is 54.6 Å². The average molecular weight is 214 g/mol. The van der Waals surface area contributed by atoms with E-state index in [2.05, 4.69) is 53.7 Å². The Morgan fingerprint density at radius 2 is 1.94 bits per heavy atom. The maximum atomic E-state index is 4.10. The lowest BCUT2D eigenvalue weighted by molar-refractivity contribution is 0.377. The molecule has 0 amide bonds. The fourth-order valence-corrected chi connectivity index (χ4v) is 1.96. The van der Waals surface area contributed by atoms with Crippen molar-refractivity contribution in [3.63, 3.8) is 0 Å². The maximum Gasteiger partial charge on any atom is 0.0948 e. The number of hydrogen-bond acceptors (Lipinski definition) is 1. The molecule has 1 aromatic carbocycles. The highest BCUT2D eigenvalue weighted by Crippen LogP contribution is 2.21. The highest BCUT2D eigenvalue weighted by molar-refractivity contribution is 5.15. The van der Waals surface area contributed by atoms with Crippen molar-refractivity contribution >= 4 is 0 Å². The predicted molar refractivity (Wildman–Crippen MR) is 66.2 cm³/mol. The van der Waals surface area contributed by atoms with Crippen LogP contribution in [-0.4, -0.2) is 9.55 Å². The summed E-state index contributed by atoms with van der Waals surface area (Å²) in [6.45, 7) is 4.53. The van der Waals surface area contributed by atoms with E-state index in [0.717, 1.165) is 6.42 Å². The van der Waals surface area contributed by atoms with Crippen molar-refractivity contribution in [1.29, 1.82) is 0 Å². The molecule has 2 nitrogen and oxygen atoms in total. The molecule has 84 valence electrons. The van der Waals surface area contributed by atoms with Gasteiger partial charge in [-0.3, -0.25) is 0 Å². The first-order valence-corrected chi connectivity index (χ1v) is 5.78. The second-order valence-electron chi connectivity index (χ2n) is 4.42. The summed E-state index contributed by atoms with van der Waals surface area (Å²) in [5.74, 6) is 0.608. The van der Waals surface area contributed by atoms with Gasteiger partial charge >= 0.3 is 0 Å². The Balaban J connectivity index is 2.01. The van der Waals surface area contributed by atoms with Crippen LogP contribution in [0.25, 0.3) is 0 Å². The van der Waals surface area contributed by atoms with Crippen molar-refractivity contribution < 1.29 is 0 Å². The normalized spacial score (nSPS) is 14.6. The molecular formula is C14H18N2. The van der Waals surface area contributed by atoms with Crippen LogP contribution in [0.2, 0.25) is 0 Å². The van der Waals surface area contributed by atoms with E-state index in [-0.39, 0.29) is 0 Å². The smallest absolute Gasteiger partial charge is 0.0948 e. The van der Waals surface area contributed by atoms with Crippen molar-refractivity contribution in [2.75, 3.05) is 0 Å². The Bertz CT molecular complexity index is 406. The van der Waals surface area contributed by atoms with Crippen LogP contribution < -0.4 is 0 Å². The Kier molecular flexibility index (Phi) is 3.40. The van der Waals surface area contributed by atoms with Gasteiger partial charge in [0.25, 0.3) is 0 Å². The van der Waals surface area contributed by atoms with E-state index in [0.29, 0.717) is 12.0 Å². The molecule has 1 heterocycles. The minimum atomic E-state index is 0.489. The van der Waals surface area contributed by atoms with Crippen LogP contribution in [0.5, 0.6) is 0 Å². The van der Waals surface area contributed by atoms with Crippen LogP contribution in [0, 0.1) is 5.92 Å². The number of benzene rings is 1. The predicted octanol–water partition coefficient (Wildman–Crippen LogP) is 3.32. The van der Waals surface area contributed by atoms with E-state index >= 15 is 0 Å². The lowest BCUT2D eigenvalue weighted by Crippen LogP contribution is -2.14. The molecule has 2 heteroatoms. The minimum Gasteiger partial charge on any atom is -0.334 e. The summed E-state index contributed by atoms with van der Waals surface area (Å²) >= 11 is 0. The van der Waals surface area contributed by atoms with Gasteiger partial charge in [-0.05, 0) is 24.8 Å². The van der Waals surface area contributed by atoms with Gasteiger partial charge in [-0.1, -0.05) is 37.3 Å². The summed E-state index contributed by atoms with van der Waals surface area (Å²) in [6, 6.07) is 11.1. The molecule has 2 aromatic rings. The van der Waals surface area contributed by atoms with Crippen molar-refractivity contribution in [2.24, 2.45) is 5.92 Å². The average Bonchev–Trinajstić information content (AvgIpc) is 2.83. The molecule has 1 aromatic heterocycles. The van der Waals surface area contributed by atoms with Gasteiger partial charge < -0.3 is 4.57 Å². The monoisotopic (exact) mass is 214 g/mol. The van der Waals surface area contributed by atoms with Gasteiger partial charge in [-0.2, -0.15) is 0 Å². The van der Waals surface area contributed by atoms with Crippen LogP contribution >= 0.6 is 0 Å². The van der Waals surface area contributed by atoms with Gasteiger partial charge in [0.15, 0.2) is 0 Å².